The van der Waals surface area contributed by atoms with Gasteiger partial charge < -0.3 is 19.9 Å². The molecule has 0 aliphatic rings. The number of esters is 1. The van der Waals surface area contributed by atoms with Crippen molar-refractivity contribution in [3.63, 3.8) is 0 Å². The topological polar surface area (TPSA) is 70.8 Å². The van der Waals surface area contributed by atoms with Crippen molar-refractivity contribution in [2.75, 3.05) is 13.7 Å². The van der Waals surface area contributed by atoms with E-state index in [1.807, 2.05) is 13.0 Å². The number of methoxy groups -OCH3 is 1. The van der Waals surface area contributed by atoms with Gasteiger partial charge in [-0.1, -0.05) is 6.07 Å². The fraction of sp³-hybridized carbons (Fsp3) is 0.500. The Morgan fingerprint density at radius 2 is 1.95 bits per heavy atom. The molecule has 19 heavy (non-hydrogen) atoms. The number of ether oxygens (including phenoxy) is 3. The normalized spacial score (nSPS) is 12.1. The number of hydrogen-bond donors (Lipinski definition) is 1. The first-order chi connectivity index (χ1) is 8.93. The highest BCUT2D eigenvalue weighted by Crippen LogP contribution is 2.29. The van der Waals surface area contributed by atoms with Gasteiger partial charge in [0, 0.05) is 6.04 Å². The molecule has 0 aliphatic heterocycles. The van der Waals surface area contributed by atoms with Gasteiger partial charge in [0.15, 0.2) is 18.1 Å². The van der Waals surface area contributed by atoms with E-state index in [0.717, 1.165) is 5.56 Å². The lowest BCUT2D eigenvalue weighted by Gasteiger charge is -2.14. The Labute approximate surface area is 113 Å². The summed E-state index contributed by atoms with van der Waals surface area (Å²) in [6, 6.07) is 5.29. The number of hydrogen-bond acceptors (Lipinski definition) is 5. The minimum absolute atomic E-state index is 0.0890. The number of carbonyl (C=O) groups is 1. The van der Waals surface area contributed by atoms with Crippen LogP contribution in [0.3, 0.4) is 0 Å². The standard InChI is InChI=1S/C14H21NO4/c1-9(2)19-14(16)8-18-12-6-5-11(10(3)15)7-13(12)17-4/h5-7,9-10H,8,15H2,1-4H3/t10-/m0/s1. The zero-order valence-corrected chi connectivity index (χ0v) is 11.8. The summed E-state index contributed by atoms with van der Waals surface area (Å²) in [6.45, 7) is 5.31. The van der Waals surface area contributed by atoms with Crippen LogP contribution in [0, 0.1) is 0 Å². The lowest BCUT2D eigenvalue weighted by Crippen LogP contribution is -2.19. The molecule has 1 atom stereocenters. The molecule has 0 radical (unpaired) electrons. The van der Waals surface area contributed by atoms with Crippen molar-refractivity contribution >= 4 is 5.97 Å². The van der Waals surface area contributed by atoms with Crippen LogP contribution in [0.4, 0.5) is 0 Å². The third kappa shape index (κ3) is 4.79. The van der Waals surface area contributed by atoms with E-state index in [9.17, 15) is 4.79 Å². The molecule has 1 aromatic rings. The van der Waals surface area contributed by atoms with Crippen LogP contribution in [-0.2, 0) is 9.53 Å². The summed E-state index contributed by atoms with van der Waals surface area (Å²) < 4.78 is 15.6. The second-order valence-electron chi connectivity index (χ2n) is 4.53. The van der Waals surface area contributed by atoms with E-state index in [4.69, 9.17) is 19.9 Å². The molecule has 0 saturated heterocycles. The molecule has 1 aromatic carbocycles. The van der Waals surface area contributed by atoms with Crippen molar-refractivity contribution < 1.29 is 19.0 Å². The van der Waals surface area contributed by atoms with Crippen LogP contribution in [0.5, 0.6) is 11.5 Å². The van der Waals surface area contributed by atoms with Crippen LogP contribution in [0.25, 0.3) is 0 Å². The average Bonchev–Trinajstić information content (AvgIpc) is 2.35. The zero-order chi connectivity index (χ0) is 14.4. The number of rotatable bonds is 6. The molecule has 0 spiro atoms. The van der Waals surface area contributed by atoms with Gasteiger partial charge in [-0.3, -0.25) is 0 Å². The zero-order valence-electron chi connectivity index (χ0n) is 11.8. The van der Waals surface area contributed by atoms with Gasteiger partial charge in [-0.15, -0.1) is 0 Å². The summed E-state index contributed by atoms with van der Waals surface area (Å²) in [5, 5.41) is 0. The lowest BCUT2D eigenvalue weighted by molar-refractivity contribution is -0.149. The van der Waals surface area contributed by atoms with E-state index in [1.165, 1.54) is 0 Å². The van der Waals surface area contributed by atoms with Crippen LogP contribution in [-0.4, -0.2) is 25.8 Å². The predicted octanol–water partition coefficient (Wildman–Crippen LogP) is 2.05. The number of nitrogens with two attached hydrogens (primary N) is 1. The highest BCUT2D eigenvalue weighted by Gasteiger charge is 2.11. The fourth-order valence-electron chi connectivity index (χ4n) is 1.52. The molecule has 5 nitrogen and oxygen atoms in total. The molecule has 5 heteroatoms. The van der Waals surface area contributed by atoms with Gasteiger partial charge >= 0.3 is 5.97 Å². The Kier molecular flexibility index (Phi) is 5.63. The predicted molar refractivity (Wildman–Crippen MR) is 72.3 cm³/mol. The summed E-state index contributed by atoms with van der Waals surface area (Å²) in [6.07, 6.45) is -0.154. The maximum absolute atomic E-state index is 11.4. The number of benzene rings is 1. The molecular weight excluding hydrogens is 246 g/mol. The van der Waals surface area contributed by atoms with Gasteiger partial charge in [0.25, 0.3) is 0 Å². The minimum Gasteiger partial charge on any atom is -0.493 e. The Bertz CT molecular complexity index is 429. The summed E-state index contributed by atoms with van der Waals surface area (Å²) in [7, 11) is 1.54. The monoisotopic (exact) mass is 267 g/mol. The second kappa shape index (κ2) is 6.99. The van der Waals surface area contributed by atoms with Gasteiger partial charge in [0.2, 0.25) is 0 Å². The maximum atomic E-state index is 11.4. The van der Waals surface area contributed by atoms with E-state index < -0.39 is 5.97 Å². The largest absolute Gasteiger partial charge is 0.493 e. The summed E-state index contributed by atoms with van der Waals surface area (Å²) >= 11 is 0. The average molecular weight is 267 g/mol. The quantitative estimate of drug-likeness (QED) is 0.799. The van der Waals surface area contributed by atoms with Gasteiger partial charge in [0.1, 0.15) is 0 Å². The molecule has 0 bridgehead atoms. The van der Waals surface area contributed by atoms with E-state index in [0.29, 0.717) is 11.5 Å². The van der Waals surface area contributed by atoms with E-state index in [1.54, 1.807) is 33.1 Å². The Morgan fingerprint density at radius 3 is 2.47 bits per heavy atom. The molecule has 106 valence electrons. The van der Waals surface area contributed by atoms with Crippen molar-refractivity contribution in [2.24, 2.45) is 5.73 Å². The third-order valence-electron chi connectivity index (χ3n) is 2.43. The van der Waals surface area contributed by atoms with Crippen molar-refractivity contribution in [3.05, 3.63) is 23.8 Å². The van der Waals surface area contributed by atoms with Crippen LogP contribution in [0.1, 0.15) is 32.4 Å². The van der Waals surface area contributed by atoms with E-state index >= 15 is 0 Å². The first-order valence-electron chi connectivity index (χ1n) is 6.19. The fourth-order valence-corrected chi connectivity index (χ4v) is 1.52. The molecule has 0 saturated carbocycles. The number of carbonyl (C=O) groups excluding carboxylic acids is 1. The Morgan fingerprint density at radius 1 is 1.26 bits per heavy atom. The Balaban J connectivity index is 2.70. The summed E-state index contributed by atoms with van der Waals surface area (Å²) in [5.74, 6) is 0.632. The molecule has 0 amide bonds. The minimum atomic E-state index is -0.409. The molecule has 2 N–H and O–H groups in total. The smallest absolute Gasteiger partial charge is 0.344 e. The van der Waals surface area contributed by atoms with Crippen molar-refractivity contribution in [1.29, 1.82) is 0 Å². The third-order valence-corrected chi connectivity index (χ3v) is 2.43. The van der Waals surface area contributed by atoms with Crippen molar-refractivity contribution in [3.8, 4) is 11.5 Å². The van der Waals surface area contributed by atoms with Crippen LogP contribution < -0.4 is 15.2 Å². The first-order valence-corrected chi connectivity index (χ1v) is 6.19. The van der Waals surface area contributed by atoms with Crippen molar-refractivity contribution in [1.82, 2.24) is 0 Å². The molecule has 0 unspecified atom stereocenters. The maximum Gasteiger partial charge on any atom is 0.344 e. The molecular formula is C14H21NO4. The highest BCUT2D eigenvalue weighted by atomic mass is 16.6. The molecule has 0 fully saturated rings. The van der Waals surface area contributed by atoms with Crippen LogP contribution >= 0.6 is 0 Å². The second-order valence-corrected chi connectivity index (χ2v) is 4.53. The first kappa shape index (κ1) is 15.3. The lowest BCUT2D eigenvalue weighted by atomic mass is 10.1. The van der Waals surface area contributed by atoms with E-state index in [2.05, 4.69) is 0 Å². The summed E-state index contributed by atoms with van der Waals surface area (Å²) in [4.78, 5) is 11.4. The Hall–Kier alpha value is -1.75. The molecule has 0 heterocycles. The van der Waals surface area contributed by atoms with Crippen LogP contribution in [0.15, 0.2) is 18.2 Å². The van der Waals surface area contributed by atoms with Gasteiger partial charge in [0.05, 0.1) is 13.2 Å². The molecule has 0 aromatic heterocycles. The SMILES string of the molecule is COc1cc([C@H](C)N)ccc1OCC(=O)OC(C)C. The molecule has 0 aliphatic carbocycles. The van der Waals surface area contributed by atoms with Gasteiger partial charge in [-0.2, -0.15) is 0 Å². The summed E-state index contributed by atoms with van der Waals surface area (Å²) in [5.41, 5.74) is 6.73. The van der Waals surface area contributed by atoms with Crippen molar-refractivity contribution in [2.45, 2.75) is 32.9 Å². The molecule has 1 rings (SSSR count). The highest BCUT2D eigenvalue weighted by molar-refractivity contribution is 5.71. The van der Waals surface area contributed by atoms with Gasteiger partial charge in [-0.05, 0) is 38.5 Å². The van der Waals surface area contributed by atoms with Crippen LogP contribution in [0.2, 0.25) is 0 Å². The van der Waals surface area contributed by atoms with E-state index in [-0.39, 0.29) is 18.8 Å². The van der Waals surface area contributed by atoms with Gasteiger partial charge in [-0.25, -0.2) is 4.79 Å².